The number of halogens is 15. The summed E-state index contributed by atoms with van der Waals surface area (Å²) in [5.41, 5.74) is -6.64. The lowest BCUT2D eigenvalue weighted by atomic mass is 9.23. The van der Waals surface area contributed by atoms with Crippen LogP contribution in [0.15, 0.2) is 53.6 Å². The van der Waals surface area contributed by atoms with Crippen LogP contribution in [-0.2, 0) is 5.31 Å². The maximum atomic E-state index is 15.8. The first-order valence-electron chi connectivity index (χ1n) is 10.5. The SMILES string of the molecule is FC1=C(F)C(F)C(B(c2c(F)c(F)c(F)c(F)c2F)c2c(F)c(F)c(F)c(F)c2F)(c2ccccc2)C(F)=C1F. The summed E-state index contributed by atoms with van der Waals surface area (Å²) in [6.07, 6.45) is -4.16. The Morgan fingerprint density at radius 2 is 0.825 bits per heavy atom. The molecule has 210 valence electrons. The van der Waals surface area contributed by atoms with Gasteiger partial charge < -0.3 is 0 Å². The number of benzene rings is 3. The first-order valence-corrected chi connectivity index (χ1v) is 10.5. The topological polar surface area (TPSA) is 0 Å². The van der Waals surface area contributed by atoms with Crippen LogP contribution in [0.2, 0.25) is 0 Å². The van der Waals surface area contributed by atoms with E-state index < -0.39 is 116 Å². The van der Waals surface area contributed by atoms with Crippen LogP contribution in [0.5, 0.6) is 0 Å². The van der Waals surface area contributed by atoms with Crippen molar-refractivity contribution in [3.8, 4) is 0 Å². The van der Waals surface area contributed by atoms with Crippen molar-refractivity contribution in [3.05, 3.63) is 117 Å². The van der Waals surface area contributed by atoms with Gasteiger partial charge in [0.15, 0.2) is 81.8 Å². The predicted octanol–water partition coefficient (Wildman–Crippen LogP) is 6.82. The second-order valence-corrected chi connectivity index (χ2v) is 8.29. The molecule has 0 bridgehead atoms. The van der Waals surface area contributed by atoms with Gasteiger partial charge in [0.2, 0.25) is 6.71 Å². The minimum atomic E-state index is -4.41. The summed E-state index contributed by atoms with van der Waals surface area (Å²) in [5, 5.41) is -4.41. The summed E-state index contributed by atoms with van der Waals surface area (Å²) >= 11 is 0. The van der Waals surface area contributed by atoms with Crippen LogP contribution in [0.3, 0.4) is 0 Å². The molecule has 0 heterocycles. The van der Waals surface area contributed by atoms with Gasteiger partial charge in [-0.2, -0.15) is 0 Å². The van der Waals surface area contributed by atoms with Crippen LogP contribution >= 0.6 is 0 Å². The van der Waals surface area contributed by atoms with Crippen molar-refractivity contribution in [2.45, 2.75) is 11.5 Å². The second kappa shape index (κ2) is 9.96. The van der Waals surface area contributed by atoms with Crippen LogP contribution in [0.1, 0.15) is 5.56 Å². The molecule has 2 unspecified atom stereocenters. The zero-order chi connectivity index (χ0) is 30.0. The van der Waals surface area contributed by atoms with Crippen molar-refractivity contribution in [2.75, 3.05) is 0 Å². The highest BCUT2D eigenvalue weighted by atomic mass is 19.2. The summed E-state index contributed by atoms with van der Waals surface area (Å²) in [5.74, 6) is -42.0. The van der Waals surface area contributed by atoms with Gasteiger partial charge >= 0.3 is 0 Å². The summed E-state index contributed by atoms with van der Waals surface area (Å²) in [6.45, 7) is -4.01. The molecule has 2 atom stereocenters. The van der Waals surface area contributed by atoms with E-state index in [4.69, 9.17) is 0 Å². The first-order chi connectivity index (χ1) is 18.6. The van der Waals surface area contributed by atoms with Gasteiger partial charge in [0.25, 0.3) is 0 Å². The molecular weight excluding hydrogens is 584 g/mol. The molecule has 1 aliphatic rings. The Hall–Kier alpha value is -3.85. The van der Waals surface area contributed by atoms with E-state index in [0.29, 0.717) is 12.1 Å². The number of rotatable bonds is 4. The molecule has 0 saturated carbocycles. The molecule has 0 saturated heterocycles. The van der Waals surface area contributed by atoms with Gasteiger partial charge in [0, 0.05) is 10.9 Å². The molecule has 0 spiro atoms. The third-order valence-electron chi connectivity index (χ3n) is 6.35. The average molecular weight is 590 g/mol. The first kappa shape index (κ1) is 29.1. The number of hydrogen-bond acceptors (Lipinski definition) is 0. The predicted molar refractivity (Wildman–Crippen MR) is 109 cm³/mol. The minimum Gasteiger partial charge on any atom is -0.239 e. The van der Waals surface area contributed by atoms with Gasteiger partial charge in [0.05, 0.1) is 5.31 Å². The summed E-state index contributed by atoms with van der Waals surface area (Å²) in [4.78, 5) is 0. The van der Waals surface area contributed by atoms with Crippen LogP contribution in [0.4, 0.5) is 65.9 Å². The van der Waals surface area contributed by atoms with Crippen molar-refractivity contribution in [3.63, 3.8) is 0 Å². The molecule has 4 rings (SSSR count). The number of hydrogen-bond donors (Lipinski definition) is 0. The van der Waals surface area contributed by atoms with Gasteiger partial charge in [-0.3, -0.25) is 0 Å². The third-order valence-corrected chi connectivity index (χ3v) is 6.35. The Kier molecular flexibility index (Phi) is 7.26. The molecule has 16 heteroatoms. The Labute approximate surface area is 213 Å². The Morgan fingerprint density at radius 3 is 1.20 bits per heavy atom. The molecule has 0 nitrogen and oxygen atoms in total. The quantitative estimate of drug-likeness (QED) is 0.136. The van der Waals surface area contributed by atoms with Crippen LogP contribution in [0.25, 0.3) is 0 Å². The van der Waals surface area contributed by atoms with Crippen molar-refractivity contribution < 1.29 is 65.9 Å². The molecule has 0 N–H and O–H groups in total. The van der Waals surface area contributed by atoms with Crippen LogP contribution in [0, 0.1) is 58.2 Å². The molecule has 0 fully saturated rings. The smallest absolute Gasteiger partial charge is 0.239 e. The Balaban J connectivity index is 2.38. The van der Waals surface area contributed by atoms with Crippen LogP contribution in [-0.4, -0.2) is 12.9 Å². The molecule has 0 radical (unpaired) electrons. The van der Waals surface area contributed by atoms with Crippen molar-refractivity contribution in [2.24, 2.45) is 0 Å². The highest BCUT2D eigenvalue weighted by Gasteiger charge is 2.64. The standard InChI is InChI=1S/C24H6BF15/c26-9-7(10(27)14(31)17(34)13(9)30)25(8-11(28)15(32)18(35)16(33)12(8)29)24(6-4-2-1-3-5-6)22(39)20(37)19(36)21(38)23(24)40/h1-5,22H. The lowest BCUT2D eigenvalue weighted by Crippen LogP contribution is -2.67. The van der Waals surface area contributed by atoms with E-state index in [9.17, 15) is 39.5 Å². The molecule has 0 aliphatic heterocycles. The van der Waals surface area contributed by atoms with E-state index in [0.717, 1.165) is 18.2 Å². The molecular formula is C24H6BF15. The minimum absolute atomic E-state index is 0.459. The fourth-order valence-electron chi connectivity index (χ4n) is 4.58. The Morgan fingerprint density at radius 1 is 0.475 bits per heavy atom. The van der Waals surface area contributed by atoms with E-state index in [1.54, 1.807) is 0 Å². The van der Waals surface area contributed by atoms with Crippen molar-refractivity contribution >= 4 is 17.6 Å². The molecule has 1 aliphatic carbocycles. The molecule has 40 heavy (non-hydrogen) atoms. The van der Waals surface area contributed by atoms with E-state index in [2.05, 4.69) is 0 Å². The van der Waals surface area contributed by atoms with Gasteiger partial charge in [-0.25, -0.2) is 65.9 Å². The fraction of sp³-hybridized carbons (Fsp3) is 0.0833. The summed E-state index contributed by atoms with van der Waals surface area (Å²) in [6, 6.07) is 3.53. The highest BCUT2D eigenvalue weighted by Crippen LogP contribution is 2.51. The maximum absolute atomic E-state index is 15.8. The van der Waals surface area contributed by atoms with E-state index in [1.165, 1.54) is 0 Å². The average Bonchev–Trinajstić information content (AvgIpc) is 2.95. The highest BCUT2D eigenvalue weighted by molar-refractivity contribution is 6.88. The van der Waals surface area contributed by atoms with Gasteiger partial charge in [0.1, 0.15) is 5.83 Å². The zero-order valence-electron chi connectivity index (χ0n) is 18.7. The lowest BCUT2D eigenvalue weighted by Gasteiger charge is -2.42. The monoisotopic (exact) mass is 590 g/mol. The van der Waals surface area contributed by atoms with Crippen molar-refractivity contribution in [1.29, 1.82) is 0 Å². The normalized spacial score (nSPS) is 19.5. The summed E-state index contributed by atoms with van der Waals surface area (Å²) in [7, 11) is 0. The van der Waals surface area contributed by atoms with E-state index in [1.807, 2.05) is 0 Å². The van der Waals surface area contributed by atoms with E-state index in [-0.39, 0.29) is 0 Å². The molecule has 3 aromatic carbocycles. The maximum Gasteiger partial charge on any atom is 0.247 e. The number of allylic oxidation sites excluding steroid dienone is 4. The van der Waals surface area contributed by atoms with Crippen molar-refractivity contribution in [1.82, 2.24) is 0 Å². The summed E-state index contributed by atoms with van der Waals surface area (Å²) < 4.78 is 220. The largest absolute Gasteiger partial charge is 0.247 e. The molecule has 0 amide bonds. The molecule has 3 aromatic rings. The third kappa shape index (κ3) is 3.74. The fourth-order valence-corrected chi connectivity index (χ4v) is 4.58. The van der Waals surface area contributed by atoms with Crippen LogP contribution < -0.4 is 10.9 Å². The van der Waals surface area contributed by atoms with Gasteiger partial charge in [-0.1, -0.05) is 30.3 Å². The Bertz CT molecular complexity index is 1490. The number of alkyl halides is 1. The van der Waals surface area contributed by atoms with Gasteiger partial charge in [-0.15, -0.1) is 0 Å². The van der Waals surface area contributed by atoms with Gasteiger partial charge in [-0.05, 0) is 5.56 Å². The molecule has 0 aromatic heterocycles. The second-order valence-electron chi connectivity index (χ2n) is 8.29. The van der Waals surface area contributed by atoms with E-state index >= 15 is 26.3 Å². The lowest BCUT2D eigenvalue weighted by molar-refractivity contribution is 0.219. The zero-order valence-corrected chi connectivity index (χ0v) is 18.7.